The number of amides is 2. The third kappa shape index (κ3) is 2.60. The first kappa shape index (κ1) is 19.2. The van der Waals surface area contributed by atoms with Gasteiger partial charge in [-0.3, -0.25) is 29.5 Å². The van der Waals surface area contributed by atoms with Gasteiger partial charge in [-0.2, -0.15) is 0 Å². The number of benzene rings is 1. The molecular weight excluding hydrogens is 368 g/mol. The minimum Gasteiger partial charge on any atom is -0.370 e. The van der Waals surface area contributed by atoms with Crippen LogP contribution in [0.15, 0.2) is 18.2 Å². The molecule has 1 aromatic rings. The molecule has 9 heteroatoms. The van der Waals surface area contributed by atoms with Crippen LogP contribution in [0.3, 0.4) is 0 Å². The van der Waals surface area contributed by atoms with E-state index in [-0.39, 0.29) is 35.1 Å². The van der Waals surface area contributed by atoms with Crippen molar-refractivity contribution in [2.24, 2.45) is 5.41 Å². The number of non-ortho nitro benzene ring substituents is 1. The van der Waals surface area contributed by atoms with Gasteiger partial charge < -0.3 is 4.90 Å². The molecule has 3 rings (SSSR count). The molecule has 1 aromatic carbocycles. The lowest BCUT2D eigenvalue weighted by atomic mass is 9.67. The molecule has 144 valence electrons. The number of hydrogen-bond donors (Lipinski definition) is 0. The second-order valence-corrected chi connectivity index (χ2v) is 7.51. The van der Waals surface area contributed by atoms with Crippen molar-refractivity contribution < 1.29 is 14.5 Å². The second-order valence-electron chi connectivity index (χ2n) is 7.14. The van der Waals surface area contributed by atoms with Gasteiger partial charge in [0.05, 0.1) is 11.0 Å². The lowest BCUT2D eigenvalue weighted by molar-refractivity contribution is -0.384. The molecule has 1 spiro atoms. The summed E-state index contributed by atoms with van der Waals surface area (Å²) in [5, 5.41) is 11.4. The first-order valence-electron chi connectivity index (χ1n) is 8.77. The van der Waals surface area contributed by atoms with Crippen LogP contribution in [0.1, 0.15) is 25.3 Å². The summed E-state index contributed by atoms with van der Waals surface area (Å²) in [5.74, 6) is -0.698. The van der Waals surface area contributed by atoms with E-state index in [2.05, 4.69) is 0 Å². The van der Waals surface area contributed by atoms with Crippen LogP contribution in [0.25, 0.3) is 0 Å². The lowest BCUT2D eigenvalue weighted by Gasteiger charge is -2.52. The molecule has 8 nitrogen and oxygen atoms in total. The highest BCUT2D eigenvalue weighted by Gasteiger charge is 2.61. The maximum absolute atomic E-state index is 13.4. The van der Waals surface area contributed by atoms with E-state index >= 15 is 0 Å². The van der Waals surface area contributed by atoms with E-state index in [0.717, 1.165) is 12.1 Å². The Kier molecular flexibility index (Phi) is 4.67. The number of nitro benzene ring substituents is 1. The van der Waals surface area contributed by atoms with Crippen molar-refractivity contribution in [2.45, 2.75) is 32.2 Å². The van der Waals surface area contributed by atoms with Crippen LogP contribution in [0.2, 0.25) is 0 Å². The quantitative estimate of drug-likeness (QED) is 0.339. The molecule has 2 aliphatic heterocycles. The summed E-state index contributed by atoms with van der Waals surface area (Å²) in [5.41, 5.74) is 0.0250. The van der Waals surface area contributed by atoms with Crippen LogP contribution in [-0.2, 0) is 16.0 Å². The minimum atomic E-state index is -1.35. The minimum absolute atomic E-state index is 0.0563. The summed E-state index contributed by atoms with van der Waals surface area (Å²) in [6, 6.07) is 4.25. The van der Waals surface area contributed by atoms with Gasteiger partial charge >= 0.3 is 0 Å². The first-order chi connectivity index (χ1) is 12.7. The number of fused-ring (bicyclic) bond motifs is 1. The summed E-state index contributed by atoms with van der Waals surface area (Å²) in [4.78, 5) is 42.1. The predicted molar refractivity (Wildman–Crippen MR) is 104 cm³/mol. The highest BCUT2D eigenvalue weighted by atomic mass is 32.1. The number of rotatable bonds is 3. The van der Waals surface area contributed by atoms with Crippen molar-refractivity contribution in [1.29, 1.82) is 0 Å². The zero-order valence-corrected chi connectivity index (χ0v) is 16.6. The normalized spacial score (nSPS) is 21.7. The highest BCUT2D eigenvalue weighted by molar-refractivity contribution is 7.80. The van der Waals surface area contributed by atoms with Crippen LogP contribution < -0.4 is 4.90 Å². The van der Waals surface area contributed by atoms with E-state index in [1.807, 2.05) is 18.9 Å². The number of carbonyl (C=O) groups is 2. The summed E-state index contributed by atoms with van der Waals surface area (Å²) in [6.07, 6.45) is 1.55. The molecule has 2 heterocycles. The fraction of sp³-hybridized carbons (Fsp3) is 0.500. The average Bonchev–Trinajstić information content (AvgIpc) is 2.65. The highest BCUT2D eigenvalue weighted by Crippen LogP contribution is 2.47. The molecule has 0 bridgehead atoms. The van der Waals surface area contributed by atoms with E-state index in [0.29, 0.717) is 12.0 Å². The largest absolute Gasteiger partial charge is 0.370 e. The lowest BCUT2D eigenvalue weighted by Crippen LogP contribution is -2.71. The van der Waals surface area contributed by atoms with Gasteiger partial charge in [-0.05, 0) is 30.3 Å². The maximum Gasteiger partial charge on any atom is 0.269 e. The number of thiocarbonyl (C=S) groups is 1. The molecular formula is C18H22N4O4S. The Morgan fingerprint density at radius 1 is 1.22 bits per heavy atom. The van der Waals surface area contributed by atoms with E-state index in [4.69, 9.17) is 12.2 Å². The summed E-state index contributed by atoms with van der Waals surface area (Å²) < 4.78 is 0. The van der Waals surface area contributed by atoms with Gasteiger partial charge in [-0.15, -0.1) is 0 Å². The SMILES string of the molecule is CCC[C@H]1N(C)c2ccc([N+](=O)[O-])cc2CC12C(=O)N(C)C(=S)N(C)C2=O. The van der Waals surface area contributed by atoms with Gasteiger partial charge in [0, 0.05) is 45.4 Å². The molecule has 1 fully saturated rings. The Labute approximate surface area is 162 Å². The van der Waals surface area contributed by atoms with Crippen molar-refractivity contribution >= 4 is 40.5 Å². The molecule has 0 aliphatic carbocycles. The van der Waals surface area contributed by atoms with Crippen molar-refractivity contribution in [3.05, 3.63) is 33.9 Å². The van der Waals surface area contributed by atoms with Crippen LogP contribution >= 0.6 is 12.2 Å². The van der Waals surface area contributed by atoms with E-state index in [1.54, 1.807) is 20.2 Å². The molecule has 1 saturated heterocycles. The van der Waals surface area contributed by atoms with Gasteiger partial charge in [-0.25, -0.2) is 0 Å². The molecule has 2 amide bonds. The number of hydrogen-bond acceptors (Lipinski definition) is 6. The zero-order valence-electron chi connectivity index (χ0n) is 15.8. The zero-order chi connectivity index (χ0) is 20.1. The van der Waals surface area contributed by atoms with Gasteiger partial charge in [0.2, 0.25) is 11.8 Å². The standard InChI is InChI=1S/C18H22N4O4S/c1-5-6-14-18(15(23)20(3)17(27)21(4)16(18)24)10-11-9-12(22(25)26)7-8-13(11)19(14)2/h7-9,14H,5-6,10H2,1-4H3/t14-/m1/s1. The summed E-state index contributed by atoms with van der Waals surface area (Å²) in [7, 11) is 4.97. The molecule has 1 atom stereocenters. The first-order valence-corrected chi connectivity index (χ1v) is 9.18. The third-order valence-electron chi connectivity index (χ3n) is 5.67. The van der Waals surface area contributed by atoms with Crippen LogP contribution in [0, 0.1) is 15.5 Å². The predicted octanol–water partition coefficient (Wildman–Crippen LogP) is 1.96. The van der Waals surface area contributed by atoms with Crippen LogP contribution in [0.4, 0.5) is 11.4 Å². The van der Waals surface area contributed by atoms with E-state index in [9.17, 15) is 19.7 Å². The fourth-order valence-electron chi connectivity index (χ4n) is 4.33. The Morgan fingerprint density at radius 2 is 1.81 bits per heavy atom. The smallest absolute Gasteiger partial charge is 0.269 e. The van der Waals surface area contributed by atoms with Gasteiger partial charge in [-0.1, -0.05) is 13.3 Å². The van der Waals surface area contributed by atoms with Gasteiger partial charge in [0.25, 0.3) is 5.69 Å². The Morgan fingerprint density at radius 3 is 2.33 bits per heavy atom. The van der Waals surface area contributed by atoms with Crippen molar-refractivity contribution in [1.82, 2.24) is 9.80 Å². The number of nitrogens with zero attached hydrogens (tertiary/aromatic N) is 4. The number of anilines is 1. The van der Waals surface area contributed by atoms with Crippen molar-refractivity contribution in [3.63, 3.8) is 0 Å². The monoisotopic (exact) mass is 390 g/mol. The molecule has 0 saturated carbocycles. The van der Waals surface area contributed by atoms with Gasteiger partial charge in [0.15, 0.2) is 10.5 Å². The Hall–Kier alpha value is -2.55. The maximum atomic E-state index is 13.4. The average molecular weight is 390 g/mol. The fourth-order valence-corrected chi connectivity index (χ4v) is 4.49. The Bertz CT molecular complexity index is 832. The van der Waals surface area contributed by atoms with Crippen LogP contribution in [-0.4, -0.2) is 58.8 Å². The number of nitro groups is 1. The van der Waals surface area contributed by atoms with Crippen molar-refractivity contribution in [2.75, 3.05) is 26.0 Å². The Balaban J connectivity index is 2.22. The third-order valence-corrected chi connectivity index (χ3v) is 6.22. The molecule has 0 radical (unpaired) electrons. The van der Waals surface area contributed by atoms with E-state index in [1.165, 1.54) is 21.9 Å². The number of carbonyl (C=O) groups excluding carboxylic acids is 2. The molecule has 2 aliphatic rings. The molecule has 0 aromatic heterocycles. The topological polar surface area (TPSA) is 87.0 Å². The molecule has 0 unspecified atom stereocenters. The molecule has 27 heavy (non-hydrogen) atoms. The van der Waals surface area contributed by atoms with Crippen LogP contribution in [0.5, 0.6) is 0 Å². The summed E-state index contributed by atoms with van der Waals surface area (Å²) >= 11 is 5.23. The van der Waals surface area contributed by atoms with E-state index < -0.39 is 10.3 Å². The molecule has 0 N–H and O–H groups in total. The second kappa shape index (κ2) is 6.56. The van der Waals surface area contributed by atoms with Crippen molar-refractivity contribution in [3.8, 4) is 0 Å². The summed E-state index contributed by atoms with van der Waals surface area (Å²) in [6.45, 7) is 2.00. The van der Waals surface area contributed by atoms with Gasteiger partial charge in [0.1, 0.15) is 0 Å².